The van der Waals surface area contributed by atoms with Crippen LogP contribution in [0.1, 0.15) is 5.56 Å². The predicted molar refractivity (Wildman–Crippen MR) is 70.4 cm³/mol. The zero-order valence-corrected chi connectivity index (χ0v) is 11.5. The van der Waals surface area contributed by atoms with Crippen LogP contribution in [0.2, 0.25) is 0 Å². The number of benzene rings is 1. The molecule has 0 aliphatic rings. The van der Waals surface area contributed by atoms with Crippen LogP contribution in [-0.2, 0) is 6.61 Å². The van der Waals surface area contributed by atoms with Crippen molar-refractivity contribution in [2.75, 3.05) is 0 Å². The molecule has 0 bridgehead atoms. The molecule has 2 nitrogen and oxygen atoms in total. The summed E-state index contributed by atoms with van der Waals surface area (Å²) >= 11 is 6.69. The number of pyridine rings is 1. The number of hydrogen-bond acceptors (Lipinski definition) is 2. The van der Waals surface area contributed by atoms with Gasteiger partial charge in [-0.3, -0.25) is 0 Å². The van der Waals surface area contributed by atoms with Crippen LogP contribution in [-0.4, -0.2) is 4.98 Å². The molecule has 4 heteroatoms. The Morgan fingerprint density at radius 1 is 1.00 bits per heavy atom. The van der Waals surface area contributed by atoms with Crippen LogP contribution >= 0.6 is 31.9 Å². The molecule has 0 unspecified atom stereocenters. The summed E-state index contributed by atoms with van der Waals surface area (Å²) in [6.07, 6.45) is 0. The number of nitrogens with zero attached hydrogens (tertiary/aromatic N) is 1. The molecule has 0 atom stereocenters. The largest absolute Gasteiger partial charge is 0.473 e. The number of halogens is 2. The van der Waals surface area contributed by atoms with E-state index in [0.29, 0.717) is 12.5 Å². The second kappa shape index (κ2) is 5.46. The number of rotatable bonds is 3. The van der Waals surface area contributed by atoms with E-state index in [0.717, 1.165) is 14.6 Å². The topological polar surface area (TPSA) is 22.1 Å². The SMILES string of the molecule is Brc1ccc(COc2cccc(Br)n2)cc1. The maximum Gasteiger partial charge on any atom is 0.214 e. The molecule has 1 aromatic carbocycles. The van der Waals surface area contributed by atoms with Crippen LogP contribution in [0.15, 0.2) is 51.5 Å². The molecule has 1 heterocycles. The fraction of sp³-hybridized carbons (Fsp3) is 0.0833. The second-order valence-corrected chi connectivity index (χ2v) is 4.94. The van der Waals surface area contributed by atoms with E-state index in [9.17, 15) is 0 Å². The first-order valence-electron chi connectivity index (χ1n) is 4.74. The van der Waals surface area contributed by atoms with Crippen LogP contribution in [0.25, 0.3) is 0 Å². The van der Waals surface area contributed by atoms with Gasteiger partial charge in [-0.05, 0) is 39.7 Å². The fourth-order valence-corrected chi connectivity index (χ4v) is 1.80. The molecule has 0 fully saturated rings. The van der Waals surface area contributed by atoms with Gasteiger partial charge in [0.25, 0.3) is 0 Å². The van der Waals surface area contributed by atoms with E-state index in [1.807, 2.05) is 42.5 Å². The number of hydrogen-bond donors (Lipinski definition) is 0. The molecule has 0 aliphatic heterocycles. The van der Waals surface area contributed by atoms with E-state index in [1.165, 1.54) is 0 Å². The van der Waals surface area contributed by atoms with E-state index < -0.39 is 0 Å². The molecule has 2 aromatic rings. The van der Waals surface area contributed by atoms with Gasteiger partial charge < -0.3 is 4.74 Å². The molecule has 0 saturated carbocycles. The third-order valence-electron chi connectivity index (χ3n) is 1.99. The third kappa shape index (κ3) is 3.32. The lowest BCUT2D eigenvalue weighted by atomic mass is 10.2. The van der Waals surface area contributed by atoms with E-state index in [-0.39, 0.29) is 0 Å². The molecule has 82 valence electrons. The van der Waals surface area contributed by atoms with Gasteiger partial charge in [0.1, 0.15) is 11.2 Å². The summed E-state index contributed by atoms with van der Waals surface area (Å²) in [4.78, 5) is 4.19. The number of aromatic nitrogens is 1. The molecular formula is C12H9Br2NO. The lowest BCUT2D eigenvalue weighted by Crippen LogP contribution is -1.96. The van der Waals surface area contributed by atoms with Crippen molar-refractivity contribution in [3.05, 3.63) is 57.1 Å². The van der Waals surface area contributed by atoms with E-state index in [1.54, 1.807) is 0 Å². The minimum absolute atomic E-state index is 0.525. The summed E-state index contributed by atoms with van der Waals surface area (Å²) < 4.78 is 7.40. The van der Waals surface area contributed by atoms with Crippen molar-refractivity contribution < 1.29 is 4.74 Å². The van der Waals surface area contributed by atoms with Gasteiger partial charge in [0.05, 0.1) is 0 Å². The predicted octanol–water partition coefficient (Wildman–Crippen LogP) is 4.19. The average Bonchev–Trinajstić information content (AvgIpc) is 2.28. The minimum atomic E-state index is 0.525. The maximum atomic E-state index is 5.56. The fourth-order valence-electron chi connectivity index (χ4n) is 1.21. The molecule has 0 spiro atoms. The molecule has 0 saturated heterocycles. The third-order valence-corrected chi connectivity index (χ3v) is 2.96. The summed E-state index contributed by atoms with van der Waals surface area (Å²) in [6.45, 7) is 0.525. The Kier molecular flexibility index (Phi) is 3.96. The Balaban J connectivity index is 1.99. The molecule has 1 aromatic heterocycles. The summed E-state index contributed by atoms with van der Waals surface area (Å²) in [7, 11) is 0. The summed E-state index contributed by atoms with van der Waals surface area (Å²) in [5.41, 5.74) is 1.12. The monoisotopic (exact) mass is 341 g/mol. The van der Waals surface area contributed by atoms with Crippen LogP contribution in [0.4, 0.5) is 0 Å². The van der Waals surface area contributed by atoms with Crippen molar-refractivity contribution in [1.82, 2.24) is 4.98 Å². The van der Waals surface area contributed by atoms with Crippen molar-refractivity contribution in [2.24, 2.45) is 0 Å². The zero-order chi connectivity index (χ0) is 11.4. The van der Waals surface area contributed by atoms with Gasteiger partial charge in [-0.1, -0.05) is 34.1 Å². The van der Waals surface area contributed by atoms with Crippen LogP contribution in [0.3, 0.4) is 0 Å². The van der Waals surface area contributed by atoms with Crippen LogP contribution in [0.5, 0.6) is 5.88 Å². The Morgan fingerprint density at radius 3 is 2.44 bits per heavy atom. The van der Waals surface area contributed by atoms with Crippen molar-refractivity contribution in [3.8, 4) is 5.88 Å². The first-order valence-corrected chi connectivity index (χ1v) is 6.32. The van der Waals surface area contributed by atoms with E-state index in [4.69, 9.17) is 4.74 Å². The minimum Gasteiger partial charge on any atom is -0.473 e. The highest BCUT2D eigenvalue weighted by molar-refractivity contribution is 9.10. The Labute approximate surface area is 111 Å². The van der Waals surface area contributed by atoms with Crippen LogP contribution < -0.4 is 4.74 Å². The van der Waals surface area contributed by atoms with E-state index >= 15 is 0 Å². The van der Waals surface area contributed by atoms with Crippen molar-refractivity contribution >= 4 is 31.9 Å². The standard InChI is InChI=1S/C12H9Br2NO/c13-10-6-4-9(5-7-10)8-16-12-3-1-2-11(14)15-12/h1-7H,8H2. The van der Waals surface area contributed by atoms with Gasteiger partial charge in [0.2, 0.25) is 5.88 Å². The summed E-state index contributed by atoms with van der Waals surface area (Å²) in [5.74, 6) is 0.622. The average molecular weight is 343 g/mol. The lowest BCUT2D eigenvalue weighted by Gasteiger charge is -2.05. The second-order valence-electron chi connectivity index (χ2n) is 3.21. The molecule has 0 N–H and O–H groups in total. The maximum absolute atomic E-state index is 5.56. The Bertz CT molecular complexity index is 471. The normalized spacial score (nSPS) is 10.1. The smallest absolute Gasteiger partial charge is 0.214 e. The van der Waals surface area contributed by atoms with Gasteiger partial charge in [0.15, 0.2) is 0 Å². The summed E-state index contributed by atoms with van der Waals surface area (Å²) in [5, 5.41) is 0. The van der Waals surface area contributed by atoms with Crippen molar-refractivity contribution in [2.45, 2.75) is 6.61 Å². The zero-order valence-electron chi connectivity index (χ0n) is 8.36. The highest BCUT2D eigenvalue weighted by Gasteiger charge is 1.97. The summed E-state index contributed by atoms with van der Waals surface area (Å²) in [6, 6.07) is 13.6. The quantitative estimate of drug-likeness (QED) is 0.780. The van der Waals surface area contributed by atoms with Crippen molar-refractivity contribution in [1.29, 1.82) is 0 Å². The first kappa shape index (κ1) is 11.6. The first-order chi connectivity index (χ1) is 7.74. The molecule has 0 aliphatic carbocycles. The number of ether oxygens (including phenoxy) is 1. The molecule has 16 heavy (non-hydrogen) atoms. The molecule has 0 amide bonds. The van der Waals surface area contributed by atoms with Gasteiger partial charge in [0, 0.05) is 10.5 Å². The van der Waals surface area contributed by atoms with Crippen LogP contribution in [0, 0.1) is 0 Å². The van der Waals surface area contributed by atoms with Gasteiger partial charge in [-0.25, -0.2) is 4.98 Å². The van der Waals surface area contributed by atoms with Gasteiger partial charge >= 0.3 is 0 Å². The highest BCUT2D eigenvalue weighted by Crippen LogP contribution is 2.15. The molecular weight excluding hydrogens is 334 g/mol. The van der Waals surface area contributed by atoms with Gasteiger partial charge in [-0.2, -0.15) is 0 Å². The van der Waals surface area contributed by atoms with E-state index in [2.05, 4.69) is 36.8 Å². The lowest BCUT2D eigenvalue weighted by molar-refractivity contribution is 0.293. The van der Waals surface area contributed by atoms with Gasteiger partial charge in [-0.15, -0.1) is 0 Å². The Morgan fingerprint density at radius 2 is 1.75 bits per heavy atom. The molecule has 0 radical (unpaired) electrons. The highest BCUT2D eigenvalue weighted by atomic mass is 79.9. The Hall–Kier alpha value is -0.870. The van der Waals surface area contributed by atoms with Crippen molar-refractivity contribution in [3.63, 3.8) is 0 Å². The molecule has 2 rings (SSSR count).